The molecule has 0 amide bonds. The molecule has 17 heavy (non-hydrogen) atoms. The van der Waals surface area contributed by atoms with Gasteiger partial charge in [0.05, 0.1) is 27.4 Å². The van der Waals surface area contributed by atoms with Crippen molar-refractivity contribution in [1.82, 2.24) is 15.1 Å². The van der Waals surface area contributed by atoms with Gasteiger partial charge in [-0.1, -0.05) is 0 Å². The van der Waals surface area contributed by atoms with Crippen LogP contribution in [0.3, 0.4) is 0 Å². The molecule has 1 aliphatic rings. The highest BCUT2D eigenvalue weighted by Crippen LogP contribution is 2.23. The normalized spacial score (nSPS) is 17.1. The molecule has 7 heteroatoms. The van der Waals surface area contributed by atoms with Crippen molar-refractivity contribution in [3.05, 3.63) is 15.9 Å². The van der Waals surface area contributed by atoms with Crippen LogP contribution in [0, 0.1) is 12.8 Å². The van der Waals surface area contributed by atoms with Crippen molar-refractivity contribution in [2.75, 3.05) is 18.8 Å². The van der Waals surface area contributed by atoms with Gasteiger partial charge in [-0.3, -0.25) is 4.68 Å². The van der Waals surface area contributed by atoms with E-state index >= 15 is 0 Å². The van der Waals surface area contributed by atoms with Gasteiger partial charge in [0.2, 0.25) is 0 Å². The third-order valence-corrected chi connectivity index (χ3v) is 5.70. The van der Waals surface area contributed by atoms with Crippen molar-refractivity contribution in [2.45, 2.75) is 12.7 Å². The van der Waals surface area contributed by atoms with Crippen molar-refractivity contribution >= 4 is 25.8 Å². The molecule has 0 atom stereocenters. The van der Waals surface area contributed by atoms with E-state index in [4.69, 9.17) is 0 Å². The molecule has 1 aromatic rings. The quantitative estimate of drug-likeness (QED) is 0.883. The van der Waals surface area contributed by atoms with Crippen LogP contribution in [0.4, 0.5) is 0 Å². The minimum absolute atomic E-state index is 0.0570. The van der Waals surface area contributed by atoms with Crippen LogP contribution in [0.2, 0.25) is 0 Å². The van der Waals surface area contributed by atoms with Gasteiger partial charge in [-0.2, -0.15) is 5.10 Å². The fourth-order valence-corrected chi connectivity index (χ4v) is 4.41. The Labute approximate surface area is 110 Å². The third-order valence-electron chi connectivity index (χ3n) is 2.97. The van der Waals surface area contributed by atoms with Gasteiger partial charge in [-0.15, -0.1) is 0 Å². The topological polar surface area (TPSA) is 64.0 Å². The van der Waals surface area contributed by atoms with E-state index in [1.165, 1.54) is 0 Å². The van der Waals surface area contributed by atoms with Gasteiger partial charge in [-0.05, 0) is 28.8 Å². The van der Waals surface area contributed by atoms with Gasteiger partial charge in [0.25, 0.3) is 0 Å². The van der Waals surface area contributed by atoms with Gasteiger partial charge in [0, 0.05) is 20.1 Å². The molecule has 1 N–H and O–H groups in total. The standard InChI is InChI=1S/C10H16BrN3O2S/c1-7-10(11)9(14(2)13-7)6-17(15,16)5-8-3-12-4-8/h8,12H,3-6H2,1-2H3. The van der Waals surface area contributed by atoms with Crippen LogP contribution in [-0.4, -0.2) is 37.0 Å². The van der Waals surface area contributed by atoms with Gasteiger partial charge >= 0.3 is 0 Å². The second-order valence-corrected chi connectivity index (χ2v) is 7.45. The molecule has 0 spiro atoms. The van der Waals surface area contributed by atoms with Crippen LogP contribution in [0.1, 0.15) is 11.4 Å². The first-order chi connectivity index (χ1) is 7.89. The summed E-state index contributed by atoms with van der Waals surface area (Å²) in [5.41, 5.74) is 1.55. The van der Waals surface area contributed by atoms with Gasteiger partial charge in [0.15, 0.2) is 9.84 Å². The predicted octanol–water partition coefficient (Wildman–Crippen LogP) is 0.625. The lowest BCUT2D eigenvalue weighted by molar-refractivity contribution is 0.378. The Hall–Kier alpha value is -0.400. The Balaban J connectivity index is 2.13. The molecule has 5 nitrogen and oxygen atoms in total. The van der Waals surface area contributed by atoms with E-state index in [1.807, 2.05) is 6.92 Å². The van der Waals surface area contributed by atoms with E-state index < -0.39 is 9.84 Å². The summed E-state index contributed by atoms with van der Waals surface area (Å²) in [5, 5.41) is 7.28. The summed E-state index contributed by atoms with van der Waals surface area (Å²) >= 11 is 3.39. The van der Waals surface area contributed by atoms with E-state index in [0.717, 1.165) is 29.0 Å². The first-order valence-corrected chi connectivity index (χ1v) is 8.09. The maximum absolute atomic E-state index is 12.0. The van der Waals surface area contributed by atoms with Crippen LogP contribution in [0.15, 0.2) is 4.47 Å². The molecule has 2 heterocycles. The zero-order valence-electron chi connectivity index (χ0n) is 9.90. The molecule has 0 saturated carbocycles. The van der Waals surface area contributed by atoms with Gasteiger partial charge in [0.1, 0.15) is 0 Å². The number of hydrogen-bond acceptors (Lipinski definition) is 4. The molecule has 0 aliphatic carbocycles. The zero-order chi connectivity index (χ0) is 12.6. The minimum Gasteiger partial charge on any atom is -0.316 e. The summed E-state index contributed by atoms with van der Waals surface area (Å²) in [6.07, 6.45) is 0. The number of aromatic nitrogens is 2. The summed E-state index contributed by atoms with van der Waals surface area (Å²) in [6.45, 7) is 3.48. The Morgan fingerprint density at radius 2 is 2.18 bits per heavy atom. The molecule has 0 radical (unpaired) electrons. The first kappa shape index (κ1) is 13.0. The Morgan fingerprint density at radius 3 is 2.59 bits per heavy atom. The Kier molecular flexibility index (Phi) is 3.61. The maximum atomic E-state index is 12.0. The van der Waals surface area contributed by atoms with E-state index in [-0.39, 0.29) is 17.4 Å². The van der Waals surface area contributed by atoms with E-state index in [1.54, 1.807) is 11.7 Å². The molecule has 96 valence electrons. The van der Waals surface area contributed by atoms with Crippen LogP contribution >= 0.6 is 15.9 Å². The highest BCUT2D eigenvalue weighted by molar-refractivity contribution is 9.10. The smallest absolute Gasteiger partial charge is 0.156 e. The Bertz CT molecular complexity index is 520. The maximum Gasteiger partial charge on any atom is 0.156 e. The molecule has 0 bridgehead atoms. The molecule has 1 saturated heterocycles. The molecule has 1 aromatic heterocycles. The lowest BCUT2D eigenvalue weighted by Gasteiger charge is -2.26. The van der Waals surface area contributed by atoms with E-state index in [0.29, 0.717) is 0 Å². The number of nitrogens with one attached hydrogen (secondary N) is 1. The average Bonchev–Trinajstić information content (AvgIpc) is 2.39. The number of rotatable bonds is 4. The molecule has 2 rings (SSSR count). The van der Waals surface area contributed by atoms with Crippen molar-refractivity contribution in [1.29, 1.82) is 0 Å². The average molecular weight is 322 g/mol. The molecule has 1 aliphatic heterocycles. The summed E-state index contributed by atoms with van der Waals surface area (Å²) < 4.78 is 26.5. The van der Waals surface area contributed by atoms with E-state index in [2.05, 4.69) is 26.3 Å². The second-order valence-electron chi connectivity index (χ2n) is 4.55. The summed E-state index contributed by atoms with van der Waals surface area (Å²) in [7, 11) is -1.29. The largest absolute Gasteiger partial charge is 0.316 e. The number of aryl methyl sites for hydroxylation is 2. The fraction of sp³-hybridized carbons (Fsp3) is 0.700. The lowest BCUT2D eigenvalue weighted by atomic mass is 10.1. The highest BCUT2D eigenvalue weighted by atomic mass is 79.9. The van der Waals surface area contributed by atoms with Crippen LogP contribution in [0.5, 0.6) is 0 Å². The number of nitrogens with zero attached hydrogens (tertiary/aromatic N) is 2. The third kappa shape index (κ3) is 2.89. The van der Waals surface area contributed by atoms with Crippen LogP contribution in [-0.2, 0) is 22.6 Å². The minimum atomic E-state index is -3.06. The highest BCUT2D eigenvalue weighted by Gasteiger charge is 2.26. The SMILES string of the molecule is Cc1nn(C)c(CS(=O)(=O)CC2CNC2)c1Br. The summed E-state index contributed by atoms with van der Waals surface area (Å²) in [4.78, 5) is 0. The van der Waals surface area contributed by atoms with Crippen LogP contribution in [0.25, 0.3) is 0 Å². The van der Waals surface area contributed by atoms with Crippen molar-refractivity contribution in [3.8, 4) is 0 Å². The lowest BCUT2D eigenvalue weighted by Crippen LogP contribution is -2.45. The number of sulfone groups is 1. The second kappa shape index (κ2) is 4.70. The van der Waals surface area contributed by atoms with Crippen molar-refractivity contribution < 1.29 is 8.42 Å². The van der Waals surface area contributed by atoms with Gasteiger partial charge < -0.3 is 5.32 Å². The van der Waals surface area contributed by atoms with E-state index in [9.17, 15) is 8.42 Å². The van der Waals surface area contributed by atoms with Gasteiger partial charge in [-0.25, -0.2) is 8.42 Å². The fourth-order valence-electron chi connectivity index (χ4n) is 1.93. The Morgan fingerprint density at radius 1 is 1.53 bits per heavy atom. The number of halogens is 1. The molecular formula is C10H16BrN3O2S. The molecule has 0 aromatic carbocycles. The van der Waals surface area contributed by atoms with Crippen molar-refractivity contribution in [2.24, 2.45) is 13.0 Å². The molecule has 1 fully saturated rings. The summed E-state index contributed by atoms with van der Waals surface area (Å²) in [6, 6.07) is 0. The van der Waals surface area contributed by atoms with Crippen molar-refractivity contribution in [3.63, 3.8) is 0 Å². The monoisotopic (exact) mass is 321 g/mol. The zero-order valence-corrected chi connectivity index (χ0v) is 12.3. The first-order valence-electron chi connectivity index (χ1n) is 5.48. The predicted molar refractivity (Wildman–Crippen MR) is 69.5 cm³/mol. The number of hydrogen-bond donors (Lipinski definition) is 1. The van der Waals surface area contributed by atoms with Crippen LogP contribution < -0.4 is 5.32 Å². The molecule has 0 unspecified atom stereocenters. The molecular weight excluding hydrogens is 306 g/mol. The summed E-state index contributed by atoms with van der Waals surface area (Å²) in [5.74, 6) is 0.589.